The molecule has 92 valence electrons. The van der Waals surface area contributed by atoms with E-state index in [1.165, 1.54) is 11.1 Å². The van der Waals surface area contributed by atoms with Crippen LogP contribution in [0.1, 0.15) is 36.3 Å². The molecule has 3 heteroatoms. The van der Waals surface area contributed by atoms with Gasteiger partial charge in [-0.05, 0) is 49.3 Å². The van der Waals surface area contributed by atoms with Crippen LogP contribution in [0.2, 0.25) is 0 Å². The first-order valence-corrected chi connectivity index (χ1v) is 6.23. The topological polar surface area (TPSA) is 63.3 Å². The summed E-state index contributed by atoms with van der Waals surface area (Å²) in [5.41, 5.74) is 8.15. The third-order valence-corrected chi connectivity index (χ3v) is 3.64. The van der Waals surface area contributed by atoms with Gasteiger partial charge in [0.1, 0.15) is 0 Å². The highest BCUT2D eigenvalue weighted by Gasteiger charge is 2.30. The summed E-state index contributed by atoms with van der Waals surface area (Å²) in [5, 5.41) is 9.18. The second kappa shape index (κ2) is 5.32. The molecule has 0 aromatic heterocycles. The summed E-state index contributed by atoms with van der Waals surface area (Å²) >= 11 is 0. The van der Waals surface area contributed by atoms with Crippen molar-refractivity contribution < 1.29 is 9.90 Å². The maximum absolute atomic E-state index is 11.2. The molecule has 0 spiro atoms. The van der Waals surface area contributed by atoms with Crippen molar-refractivity contribution in [3.05, 3.63) is 35.4 Å². The van der Waals surface area contributed by atoms with Crippen LogP contribution < -0.4 is 5.73 Å². The first-order chi connectivity index (χ1) is 8.22. The molecule has 0 saturated carbocycles. The lowest BCUT2D eigenvalue weighted by Gasteiger charge is -2.32. The zero-order valence-electron chi connectivity index (χ0n) is 9.93. The lowest BCUT2D eigenvalue weighted by Crippen LogP contribution is -2.24. The average Bonchev–Trinajstić information content (AvgIpc) is 2.29. The zero-order valence-corrected chi connectivity index (χ0v) is 9.93. The van der Waals surface area contributed by atoms with Crippen molar-refractivity contribution in [1.29, 1.82) is 0 Å². The molecule has 3 N–H and O–H groups in total. The van der Waals surface area contributed by atoms with Crippen LogP contribution in [0.15, 0.2) is 24.3 Å². The Morgan fingerprint density at radius 1 is 1.47 bits per heavy atom. The molecule has 1 aromatic carbocycles. The van der Waals surface area contributed by atoms with Crippen LogP contribution >= 0.6 is 0 Å². The second-order valence-corrected chi connectivity index (χ2v) is 4.80. The van der Waals surface area contributed by atoms with Crippen LogP contribution in [-0.4, -0.2) is 17.6 Å². The van der Waals surface area contributed by atoms with Crippen molar-refractivity contribution in [2.75, 3.05) is 6.54 Å². The van der Waals surface area contributed by atoms with Gasteiger partial charge in [0.05, 0.1) is 5.92 Å². The van der Waals surface area contributed by atoms with Crippen LogP contribution in [0.4, 0.5) is 0 Å². The minimum absolute atomic E-state index is 0.239. The molecule has 0 radical (unpaired) electrons. The van der Waals surface area contributed by atoms with Crippen molar-refractivity contribution in [3.63, 3.8) is 0 Å². The van der Waals surface area contributed by atoms with E-state index in [1.54, 1.807) is 0 Å². The van der Waals surface area contributed by atoms with E-state index in [0.29, 0.717) is 18.9 Å². The Hall–Kier alpha value is -1.35. The summed E-state index contributed by atoms with van der Waals surface area (Å²) in [4.78, 5) is 11.2. The molecule has 0 aliphatic heterocycles. The van der Waals surface area contributed by atoms with E-state index in [9.17, 15) is 9.90 Å². The molecule has 2 unspecified atom stereocenters. The van der Waals surface area contributed by atoms with Crippen molar-refractivity contribution in [2.24, 2.45) is 11.7 Å². The minimum atomic E-state index is -0.678. The Morgan fingerprint density at radius 3 is 2.88 bits per heavy atom. The predicted octanol–water partition coefficient (Wildman–Crippen LogP) is 2.16. The summed E-state index contributed by atoms with van der Waals surface area (Å²) in [7, 11) is 0. The molecule has 1 aliphatic carbocycles. The van der Waals surface area contributed by atoms with Crippen LogP contribution in [0.3, 0.4) is 0 Å². The van der Waals surface area contributed by atoms with E-state index in [0.717, 1.165) is 19.3 Å². The van der Waals surface area contributed by atoms with Gasteiger partial charge in [-0.15, -0.1) is 0 Å². The molecule has 0 saturated heterocycles. The molecular formula is C14H19NO2. The summed E-state index contributed by atoms with van der Waals surface area (Å²) in [6, 6.07) is 8.31. The number of hydrogen-bond donors (Lipinski definition) is 2. The highest BCUT2D eigenvalue weighted by molar-refractivity contribution is 5.70. The summed E-state index contributed by atoms with van der Waals surface area (Å²) in [6.07, 6.45) is 3.28. The Bertz CT molecular complexity index is 403. The van der Waals surface area contributed by atoms with Crippen LogP contribution in [-0.2, 0) is 11.2 Å². The van der Waals surface area contributed by atoms with Gasteiger partial charge in [-0.1, -0.05) is 24.3 Å². The molecular weight excluding hydrogens is 214 g/mol. The Labute approximate surface area is 102 Å². The number of fused-ring (bicyclic) bond motifs is 1. The molecule has 3 nitrogen and oxygen atoms in total. The van der Waals surface area contributed by atoms with Crippen LogP contribution in [0, 0.1) is 5.92 Å². The third kappa shape index (κ3) is 2.67. The quantitative estimate of drug-likeness (QED) is 0.791. The fourth-order valence-corrected chi connectivity index (χ4v) is 2.62. The lowest BCUT2D eigenvalue weighted by molar-refractivity contribution is -0.142. The van der Waals surface area contributed by atoms with Crippen molar-refractivity contribution in [3.8, 4) is 0 Å². The number of carboxylic acid groups (broad SMARTS) is 1. The molecule has 0 bridgehead atoms. The first-order valence-electron chi connectivity index (χ1n) is 6.23. The molecule has 1 aliphatic rings. The van der Waals surface area contributed by atoms with E-state index in [2.05, 4.69) is 12.1 Å². The first kappa shape index (κ1) is 12.1. The highest BCUT2D eigenvalue weighted by Crippen LogP contribution is 2.39. The lowest BCUT2D eigenvalue weighted by atomic mass is 9.72. The molecule has 1 aromatic rings. The largest absolute Gasteiger partial charge is 0.481 e. The molecule has 0 amide bonds. The molecule has 2 atom stereocenters. The van der Waals surface area contributed by atoms with E-state index in [4.69, 9.17) is 5.73 Å². The fraction of sp³-hybridized carbons (Fsp3) is 0.500. The maximum atomic E-state index is 11.2. The molecule has 0 fully saturated rings. The predicted molar refractivity (Wildman–Crippen MR) is 66.9 cm³/mol. The number of rotatable bonds is 6. The summed E-state index contributed by atoms with van der Waals surface area (Å²) < 4.78 is 0. The molecule has 2 rings (SSSR count). The van der Waals surface area contributed by atoms with Gasteiger partial charge < -0.3 is 10.8 Å². The summed E-state index contributed by atoms with van der Waals surface area (Å²) in [5.74, 6) is -0.482. The van der Waals surface area contributed by atoms with E-state index in [-0.39, 0.29) is 5.92 Å². The average molecular weight is 233 g/mol. The van der Waals surface area contributed by atoms with Gasteiger partial charge in [-0.2, -0.15) is 0 Å². The third-order valence-electron chi connectivity index (χ3n) is 3.64. The number of aliphatic carboxylic acids is 1. The highest BCUT2D eigenvalue weighted by atomic mass is 16.4. The monoisotopic (exact) mass is 233 g/mol. The van der Waals surface area contributed by atoms with E-state index < -0.39 is 5.97 Å². The zero-order chi connectivity index (χ0) is 12.3. The van der Waals surface area contributed by atoms with Crippen LogP contribution in [0.5, 0.6) is 0 Å². The van der Waals surface area contributed by atoms with Gasteiger partial charge in [-0.3, -0.25) is 4.79 Å². The Morgan fingerprint density at radius 2 is 2.24 bits per heavy atom. The summed E-state index contributed by atoms with van der Waals surface area (Å²) in [6.45, 7) is 0.574. The van der Waals surface area contributed by atoms with Gasteiger partial charge in [0.15, 0.2) is 0 Å². The van der Waals surface area contributed by atoms with Gasteiger partial charge in [0.25, 0.3) is 0 Å². The Kier molecular flexibility index (Phi) is 3.79. The van der Waals surface area contributed by atoms with Gasteiger partial charge >= 0.3 is 5.97 Å². The normalized spacial score (nSPS) is 19.2. The Balaban J connectivity index is 1.95. The fourth-order valence-electron chi connectivity index (χ4n) is 2.62. The van der Waals surface area contributed by atoms with E-state index >= 15 is 0 Å². The van der Waals surface area contributed by atoms with Crippen molar-refractivity contribution in [2.45, 2.75) is 31.6 Å². The SMILES string of the molecule is NCCCC(CC1Cc2ccccc21)C(=O)O. The molecule has 17 heavy (non-hydrogen) atoms. The number of hydrogen-bond acceptors (Lipinski definition) is 2. The van der Waals surface area contributed by atoms with Gasteiger partial charge in [0.2, 0.25) is 0 Å². The standard InChI is InChI=1S/C14H19NO2/c15-7-3-5-11(14(16)17)9-12-8-10-4-1-2-6-13(10)12/h1-2,4,6,11-12H,3,5,7-9,15H2,(H,16,17). The molecule has 0 heterocycles. The minimum Gasteiger partial charge on any atom is -0.481 e. The van der Waals surface area contributed by atoms with Crippen molar-refractivity contribution >= 4 is 5.97 Å². The number of carboxylic acids is 1. The maximum Gasteiger partial charge on any atom is 0.306 e. The number of nitrogens with two attached hydrogens (primary N) is 1. The van der Waals surface area contributed by atoms with Crippen LogP contribution in [0.25, 0.3) is 0 Å². The van der Waals surface area contributed by atoms with Gasteiger partial charge in [-0.25, -0.2) is 0 Å². The second-order valence-electron chi connectivity index (χ2n) is 4.80. The number of carbonyl (C=O) groups is 1. The van der Waals surface area contributed by atoms with E-state index in [1.807, 2.05) is 12.1 Å². The van der Waals surface area contributed by atoms with Gasteiger partial charge in [0, 0.05) is 0 Å². The number of benzene rings is 1. The van der Waals surface area contributed by atoms with Crippen molar-refractivity contribution in [1.82, 2.24) is 0 Å². The smallest absolute Gasteiger partial charge is 0.306 e.